The number of carbonyl (C=O) groups excluding carboxylic acids is 1. The molecule has 0 bridgehead atoms. The van der Waals surface area contributed by atoms with Gasteiger partial charge in [0.2, 0.25) is 5.91 Å². The topological polar surface area (TPSA) is 71.3 Å². The Morgan fingerprint density at radius 2 is 2.25 bits per heavy atom. The number of carbonyl (C=O) groups is 2. The molecule has 0 aromatic carbocycles. The Labute approximate surface area is 101 Å². The zero-order valence-corrected chi connectivity index (χ0v) is 10.0. The number of nitrogens with one attached hydrogen (secondary N) is 1. The molecular formula is C10H11BrN2O3. The summed E-state index contributed by atoms with van der Waals surface area (Å²) in [5.74, 6) is -1.32. The third-order valence-electron chi connectivity index (χ3n) is 1.84. The van der Waals surface area contributed by atoms with Crippen molar-refractivity contribution >= 4 is 27.8 Å². The zero-order valence-electron chi connectivity index (χ0n) is 8.44. The Morgan fingerprint density at radius 3 is 2.81 bits per heavy atom. The number of amides is 1. The van der Waals surface area contributed by atoms with Crippen LogP contribution >= 0.6 is 15.9 Å². The number of aromatic nitrogens is 1. The number of carboxylic acid groups (broad SMARTS) is 1. The maximum atomic E-state index is 11.4. The average molecular weight is 287 g/mol. The zero-order chi connectivity index (χ0) is 12.1. The van der Waals surface area contributed by atoms with Crippen LogP contribution in [0.3, 0.4) is 0 Å². The van der Waals surface area contributed by atoms with E-state index in [2.05, 4.69) is 27.8 Å². The summed E-state index contributed by atoms with van der Waals surface area (Å²) in [6.07, 6.45) is 1.55. The third-order valence-corrected chi connectivity index (χ3v) is 2.12. The normalized spacial score (nSPS) is 9.81. The van der Waals surface area contributed by atoms with Crippen LogP contribution in [0.15, 0.2) is 29.4 Å². The fraction of sp³-hybridized carbons (Fsp3) is 0.200. The summed E-state index contributed by atoms with van der Waals surface area (Å²) in [6, 6.07) is 3.03. The van der Waals surface area contributed by atoms with Gasteiger partial charge in [0.1, 0.15) is 12.2 Å². The van der Waals surface area contributed by atoms with Crippen LogP contribution in [0.5, 0.6) is 0 Å². The standard InChI is InChI=1S/C10H11BrN2O3/c1-7(11)5-12-9(14)6-13-4-2-3-8(13)10(15)16/h2-4H,1,5-6H2,(H,12,14)(H,15,16). The van der Waals surface area contributed by atoms with Crippen molar-refractivity contribution in [3.63, 3.8) is 0 Å². The van der Waals surface area contributed by atoms with Crippen molar-refractivity contribution in [2.45, 2.75) is 6.54 Å². The second-order valence-corrected chi connectivity index (χ2v) is 4.24. The summed E-state index contributed by atoms with van der Waals surface area (Å²) < 4.78 is 2.03. The van der Waals surface area contributed by atoms with Crippen molar-refractivity contribution in [1.29, 1.82) is 0 Å². The minimum absolute atomic E-state index is 0.0189. The van der Waals surface area contributed by atoms with E-state index in [4.69, 9.17) is 5.11 Å². The minimum atomic E-state index is -1.05. The molecule has 0 saturated carbocycles. The van der Waals surface area contributed by atoms with E-state index < -0.39 is 5.97 Å². The molecule has 6 heteroatoms. The fourth-order valence-corrected chi connectivity index (χ4v) is 1.29. The van der Waals surface area contributed by atoms with Gasteiger partial charge in [-0.3, -0.25) is 4.79 Å². The molecule has 0 fully saturated rings. The molecule has 0 aliphatic heterocycles. The summed E-state index contributed by atoms with van der Waals surface area (Å²) in [5.41, 5.74) is 0.0906. The highest BCUT2D eigenvalue weighted by molar-refractivity contribution is 9.11. The van der Waals surface area contributed by atoms with Gasteiger partial charge in [-0.15, -0.1) is 0 Å². The second-order valence-electron chi connectivity index (χ2n) is 3.12. The van der Waals surface area contributed by atoms with Crippen molar-refractivity contribution in [3.8, 4) is 0 Å². The average Bonchev–Trinajstić information content (AvgIpc) is 2.62. The smallest absolute Gasteiger partial charge is 0.352 e. The van der Waals surface area contributed by atoms with E-state index in [0.29, 0.717) is 11.0 Å². The summed E-state index contributed by atoms with van der Waals surface area (Å²) >= 11 is 3.11. The lowest BCUT2D eigenvalue weighted by atomic mass is 10.4. The quantitative estimate of drug-likeness (QED) is 0.855. The van der Waals surface area contributed by atoms with Gasteiger partial charge in [-0.1, -0.05) is 22.5 Å². The van der Waals surface area contributed by atoms with Crippen LogP contribution in [-0.4, -0.2) is 28.1 Å². The number of nitrogens with zero attached hydrogens (tertiary/aromatic N) is 1. The van der Waals surface area contributed by atoms with Crippen molar-refractivity contribution in [2.75, 3.05) is 6.54 Å². The van der Waals surface area contributed by atoms with Gasteiger partial charge in [0, 0.05) is 17.2 Å². The summed E-state index contributed by atoms with van der Waals surface area (Å²) in [7, 11) is 0. The Balaban J connectivity index is 2.59. The maximum absolute atomic E-state index is 11.4. The molecule has 0 spiro atoms. The number of halogens is 1. The lowest BCUT2D eigenvalue weighted by Crippen LogP contribution is -2.29. The van der Waals surface area contributed by atoms with Crippen LogP contribution in [0.4, 0.5) is 0 Å². The SMILES string of the molecule is C=C(Br)CNC(=O)Cn1cccc1C(=O)O. The second kappa shape index (κ2) is 5.50. The van der Waals surface area contributed by atoms with Gasteiger partial charge in [0.15, 0.2) is 0 Å². The first-order valence-electron chi connectivity index (χ1n) is 4.49. The Kier molecular flexibility index (Phi) is 4.30. The number of aromatic carboxylic acids is 1. The maximum Gasteiger partial charge on any atom is 0.352 e. The molecule has 0 radical (unpaired) electrons. The van der Waals surface area contributed by atoms with Gasteiger partial charge in [-0.05, 0) is 12.1 Å². The molecule has 5 nitrogen and oxygen atoms in total. The van der Waals surface area contributed by atoms with Gasteiger partial charge in [0.05, 0.1) is 0 Å². The van der Waals surface area contributed by atoms with Crippen LogP contribution in [0.1, 0.15) is 10.5 Å². The molecule has 1 amide bonds. The van der Waals surface area contributed by atoms with Crippen molar-refractivity contribution < 1.29 is 14.7 Å². The van der Waals surface area contributed by atoms with Gasteiger partial charge >= 0.3 is 5.97 Å². The fourth-order valence-electron chi connectivity index (χ4n) is 1.15. The molecule has 1 heterocycles. The summed E-state index contributed by atoms with van der Waals surface area (Å²) in [4.78, 5) is 22.2. The van der Waals surface area contributed by atoms with E-state index in [-0.39, 0.29) is 18.1 Å². The molecule has 1 aromatic rings. The first kappa shape index (κ1) is 12.5. The summed E-state index contributed by atoms with van der Waals surface area (Å²) in [6.45, 7) is 3.87. The molecule has 0 aliphatic carbocycles. The third kappa shape index (κ3) is 3.54. The van der Waals surface area contributed by atoms with Gasteiger partial charge in [0.25, 0.3) is 0 Å². The molecule has 16 heavy (non-hydrogen) atoms. The highest BCUT2D eigenvalue weighted by atomic mass is 79.9. The number of hydrogen-bond donors (Lipinski definition) is 2. The van der Waals surface area contributed by atoms with Crippen molar-refractivity contribution in [2.24, 2.45) is 0 Å². The number of carboxylic acids is 1. The van der Waals surface area contributed by atoms with Gasteiger partial charge in [-0.2, -0.15) is 0 Å². The van der Waals surface area contributed by atoms with Crippen LogP contribution < -0.4 is 5.32 Å². The van der Waals surface area contributed by atoms with Gasteiger partial charge < -0.3 is 15.0 Å². The molecule has 2 N–H and O–H groups in total. The molecular weight excluding hydrogens is 276 g/mol. The minimum Gasteiger partial charge on any atom is -0.477 e. The van der Waals surface area contributed by atoms with Crippen molar-refractivity contribution in [3.05, 3.63) is 35.1 Å². The molecule has 0 saturated heterocycles. The van der Waals surface area contributed by atoms with Crippen LogP contribution in [0.25, 0.3) is 0 Å². The first-order chi connectivity index (χ1) is 7.50. The number of rotatable bonds is 5. The largest absolute Gasteiger partial charge is 0.477 e. The molecule has 1 rings (SSSR count). The van der Waals surface area contributed by atoms with Crippen molar-refractivity contribution in [1.82, 2.24) is 9.88 Å². The molecule has 86 valence electrons. The predicted octanol–water partition coefficient (Wildman–Crippen LogP) is 1.21. The number of hydrogen-bond acceptors (Lipinski definition) is 2. The van der Waals surface area contributed by atoms with E-state index in [0.717, 1.165) is 0 Å². The Hall–Kier alpha value is -1.56. The molecule has 0 atom stereocenters. The van der Waals surface area contributed by atoms with E-state index in [1.165, 1.54) is 10.6 Å². The predicted molar refractivity (Wildman–Crippen MR) is 62.5 cm³/mol. The van der Waals surface area contributed by atoms with Crippen LogP contribution in [-0.2, 0) is 11.3 Å². The van der Waals surface area contributed by atoms with E-state index in [1.807, 2.05) is 0 Å². The van der Waals surface area contributed by atoms with Gasteiger partial charge in [-0.25, -0.2) is 4.79 Å². The first-order valence-corrected chi connectivity index (χ1v) is 5.28. The summed E-state index contributed by atoms with van der Waals surface area (Å²) in [5, 5.41) is 11.4. The van der Waals surface area contributed by atoms with E-state index in [9.17, 15) is 9.59 Å². The van der Waals surface area contributed by atoms with E-state index in [1.54, 1.807) is 12.3 Å². The van der Waals surface area contributed by atoms with Crippen LogP contribution in [0.2, 0.25) is 0 Å². The molecule has 1 aromatic heterocycles. The lowest BCUT2D eigenvalue weighted by molar-refractivity contribution is -0.121. The highest BCUT2D eigenvalue weighted by Gasteiger charge is 2.11. The van der Waals surface area contributed by atoms with E-state index >= 15 is 0 Å². The Bertz CT molecular complexity index is 425. The highest BCUT2D eigenvalue weighted by Crippen LogP contribution is 2.02. The lowest BCUT2D eigenvalue weighted by Gasteiger charge is -2.06. The van der Waals surface area contributed by atoms with Crippen LogP contribution in [0, 0.1) is 0 Å². The monoisotopic (exact) mass is 286 g/mol. The molecule has 0 unspecified atom stereocenters. The molecule has 0 aliphatic rings. The Morgan fingerprint density at radius 1 is 1.56 bits per heavy atom.